The molecule has 0 aliphatic rings. The van der Waals surface area contributed by atoms with Crippen molar-refractivity contribution in [1.82, 2.24) is 0 Å². The van der Waals surface area contributed by atoms with Gasteiger partial charge in [-0.15, -0.1) is 0 Å². The summed E-state index contributed by atoms with van der Waals surface area (Å²) in [6, 6.07) is 18.7. The van der Waals surface area contributed by atoms with Crippen LogP contribution in [0.1, 0.15) is 19.4 Å². The number of rotatable bonds is 1. The predicted molar refractivity (Wildman–Crippen MR) is 76.7 cm³/mol. The standard InChI is InChI=1S/C17H16O/c1-17(2,18)16-11-12-7-3-4-8-13(12)14-9-5-6-10-15(14)16/h3-11,18H,1-2H3. The van der Waals surface area contributed by atoms with E-state index in [0.717, 1.165) is 10.9 Å². The van der Waals surface area contributed by atoms with Crippen LogP contribution in [0.3, 0.4) is 0 Å². The van der Waals surface area contributed by atoms with Gasteiger partial charge in [-0.1, -0.05) is 48.5 Å². The van der Waals surface area contributed by atoms with Crippen LogP contribution in [0.25, 0.3) is 21.5 Å². The van der Waals surface area contributed by atoms with Crippen molar-refractivity contribution < 1.29 is 5.11 Å². The molecule has 0 atom stereocenters. The Labute approximate surface area is 107 Å². The molecule has 0 aliphatic heterocycles. The molecule has 18 heavy (non-hydrogen) atoms. The lowest BCUT2D eigenvalue weighted by atomic mass is 9.89. The van der Waals surface area contributed by atoms with Gasteiger partial charge in [-0.2, -0.15) is 0 Å². The molecule has 0 aromatic heterocycles. The van der Waals surface area contributed by atoms with Gasteiger partial charge in [0.15, 0.2) is 0 Å². The summed E-state index contributed by atoms with van der Waals surface area (Å²) in [5.74, 6) is 0. The minimum atomic E-state index is -0.830. The Balaban J connectivity index is 2.55. The van der Waals surface area contributed by atoms with Gasteiger partial charge in [0, 0.05) is 0 Å². The number of benzene rings is 3. The molecule has 0 saturated heterocycles. The fourth-order valence-corrected chi connectivity index (χ4v) is 2.56. The van der Waals surface area contributed by atoms with Gasteiger partial charge >= 0.3 is 0 Å². The average molecular weight is 236 g/mol. The zero-order valence-corrected chi connectivity index (χ0v) is 10.6. The van der Waals surface area contributed by atoms with Crippen LogP contribution in [-0.4, -0.2) is 5.11 Å². The lowest BCUT2D eigenvalue weighted by Gasteiger charge is -2.21. The second kappa shape index (κ2) is 3.82. The van der Waals surface area contributed by atoms with Crippen molar-refractivity contribution in [3.8, 4) is 0 Å². The third-order valence-corrected chi connectivity index (χ3v) is 3.43. The Morgan fingerprint density at radius 1 is 0.778 bits per heavy atom. The first kappa shape index (κ1) is 11.2. The smallest absolute Gasteiger partial charge is 0.0846 e. The molecule has 0 unspecified atom stereocenters. The largest absolute Gasteiger partial charge is 0.386 e. The molecular formula is C17H16O. The van der Waals surface area contributed by atoms with E-state index in [-0.39, 0.29) is 0 Å². The summed E-state index contributed by atoms with van der Waals surface area (Å²) in [6.45, 7) is 3.67. The third kappa shape index (κ3) is 1.68. The van der Waals surface area contributed by atoms with Crippen LogP contribution < -0.4 is 0 Å². The van der Waals surface area contributed by atoms with E-state index in [1.54, 1.807) is 0 Å². The zero-order chi connectivity index (χ0) is 12.8. The SMILES string of the molecule is CC(C)(O)c1cc2ccccc2c2ccccc12. The van der Waals surface area contributed by atoms with E-state index < -0.39 is 5.60 Å². The fourth-order valence-electron chi connectivity index (χ4n) is 2.56. The van der Waals surface area contributed by atoms with Crippen LogP contribution in [0.2, 0.25) is 0 Å². The zero-order valence-electron chi connectivity index (χ0n) is 10.6. The first-order valence-corrected chi connectivity index (χ1v) is 6.21. The molecular weight excluding hydrogens is 220 g/mol. The van der Waals surface area contributed by atoms with Crippen molar-refractivity contribution in [1.29, 1.82) is 0 Å². The molecule has 0 fully saturated rings. The number of hydrogen-bond donors (Lipinski definition) is 1. The van der Waals surface area contributed by atoms with E-state index in [2.05, 4.69) is 36.4 Å². The quantitative estimate of drug-likeness (QED) is 0.627. The maximum absolute atomic E-state index is 10.3. The molecule has 0 saturated carbocycles. The van der Waals surface area contributed by atoms with Crippen LogP contribution in [0, 0.1) is 0 Å². The molecule has 0 spiro atoms. The second-order valence-corrected chi connectivity index (χ2v) is 5.25. The van der Waals surface area contributed by atoms with Crippen molar-refractivity contribution in [2.45, 2.75) is 19.4 Å². The summed E-state index contributed by atoms with van der Waals surface area (Å²) >= 11 is 0. The van der Waals surface area contributed by atoms with E-state index in [9.17, 15) is 5.11 Å². The van der Waals surface area contributed by atoms with Crippen molar-refractivity contribution in [2.75, 3.05) is 0 Å². The minimum absolute atomic E-state index is 0.830. The summed E-state index contributed by atoms with van der Waals surface area (Å²) in [5.41, 5.74) is 0.153. The second-order valence-electron chi connectivity index (χ2n) is 5.25. The van der Waals surface area contributed by atoms with Crippen LogP contribution in [-0.2, 0) is 5.60 Å². The molecule has 90 valence electrons. The van der Waals surface area contributed by atoms with Crippen LogP contribution in [0.4, 0.5) is 0 Å². The predicted octanol–water partition coefficient (Wildman–Crippen LogP) is 4.22. The molecule has 3 aromatic rings. The van der Waals surface area contributed by atoms with Crippen LogP contribution >= 0.6 is 0 Å². The Morgan fingerprint density at radius 2 is 1.33 bits per heavy atom. The maximum Gasteiger partial charge on any atom is 0.0846 e. The van der Waals surface area contributed by atoms with Crippen molar-refractivity contribution >= 4 is 21.5 Å². The normalized spacial score (nSPS) is 12.2. The summed E-state index contributed by atoms with van der Waals surface area (Å²) in [5, 5.41) is 15.1. The Hall–Kier alpha value is -1.86. The Bertz CT molecular complexity index is 720. The Morgan fingerprint density at radius 3 is 2.00 bits per heavy atom. The van der Waals surface area contributed by atoms with Crippen molar-refractivity contribution in [2.24, 2.45) is 0 Å². The van der Waals surface area contributed by atoms with Gasteiger partial charge < -0.3 is 5.11 Å². The molecule has 1 heteroatoms. The maximum atomic E-state index is 10.3. The topological polar surface area (TPSA) is 20.2 Å². The average Bonchev–Trinajstić information content (AvgIpc) is 2.37. The van der Waals surface area contributed by atoms with Gasteiger partial charge in [0.25, 0.3) is 0 Å². The Kier molecular flexibility index (Phi) is 2.39. The first-order chi connectivity index (χ1) is 8.57. The van der Waals surface area contributed by atoms with E-state index >= 15 is 0 Å². The lowest BCUT2D eigenvalue weighted by Crippen LogP contribution is -2.15. The highest BCUT2D eigenvalue weighted by Gasteiger charge is 2.19. The fraction of sp³-hybridized carbons (Fsp3) is 0.176. The highest BCUT2D eigenvalue weighted by Crippen LogP contribution is 2.34. The molecule has 0 aliphatic carbocycles. The van der Waals surface area contributed by atoms with Gasteiger partial charge in [-0.25, -0.2) is 0 Å². The van der Waals surface area contributed by atoms with Gasteiger partial charge in [0.05, 0.1) is 5.60 Å². The van der Waals surface area contributed by atoms with E-state index in [4.69, 9.17) is 0 Å². The summed E-state index contributed by atoms with van der Waals surface area (Å²) in [7, 11) is 0. The molecule has 0 radical (unpaired) electrons. The molecule has 1 nitrogen and oxygen atoms in total. The van der Waals surface area contributed by atoms with Crippen LogP contribution in [0.5, 0.6) is 0 Å². The molecule has 0 bridgehead atoms. The summed E-state index contributed by atoms with van der Waals surface area (Å²) in [4.78, 5) is 0. The van der Waals surface area contributed by atoms with E-state index in [0.29, 0.717) is 0 Å². The molecule has 1 N–H and O–H groups in total. The van der Waals surface area contributed by atoms with Crippen molar-refractivity contribution in [3.05, 3.63) is 60.2 Å². The number of hydrogen-bond acceptors (Lipinski definition) is 1. The van der Waals surface area contributed by atoms with E-state index in [1.165, 1.54) is 16.2 Å². The van der Waals surface area contributed by atoms with Crippen LogP contribution in [0.15, 0.2) is 54.6 Å². The minimum Gasteiger partial charge on any atom is -0.386 e. The first-order valence-electron chi connectivity index (χ1n) is 6.21. The van der Waals surface area contributed by atoms with E-state index in [1.807, 2.05) is 32.0 Å². The van der Waals surface area contributed by atoms with Gasteiger partial charge in [-0.05, 0) is 47.0 Å². The molecule has 3 aromatic carbocycles. The van der Waals surface area contributed by atoms with Crippen molar-refractivity contribution in [3.63, 3.8) is 0 Å². The third-order valence-electron chi connectivity index (χ3n) is 3.43. The molecule has 0 amide bonds. The molecule has 3 rings (SSSR count). The molecule has 0 heterocycles. The number of aliphatic hydroxyl groups is 1. The van der Waals surface area contributed by atoms with Gasteiger partial charge in [-0.3, -0.25) is 0 Å². The highest BCUT2D eigenvalue weighted by atomic mass is 16.3. The summed E-state index contributed by atoms with van der Waals surface area (Å²) < 4.78 is 0. The highest BCUT2D eigenvalue weighted by molar-refractivity contribution is 6.09. The van der Waals surface area contributed by atoms with Gasteiger partial charge in [0.1, 0.15) is 0 Å². The lowest BCUT2D eigenvalue weighted by molar-refractivity contribution is 0.0803. The number of fused-ring (bicyclic) bond motifs is 3. The monoisotopic (exact) mass is 236 g/mol. The van der Waals surface area contributed by atoms with Gasteiger partial charge in [0.2, 0.25) is 0 Å². The summed E-state index contributed by atoms with van der Waals surface area (Å²) in [6.07, 6.45) is 0.